The van der Waals surface area contributed by atoms with Gasteiger partial charge in [-0.2, -0.15) is 0 Å². The van der Waals surface area contributed by atoms with E-state index in [2.05, 4.69) is 0 Å². The van der Waals surface area contributed by atoms with Crippen molar-refractivity contribution in [3.8, 4) is 23.0 Å². The normalized spacial score (nSPS) is 10.8. The van der Waals surface area contributed by atoms with Crippen LogP contribution in [0, 0.1) is 0 Å². The van der Waals surface area contributed by atoms with Crippen molar-refractivity contribution in [2.75, 3.05) is 14.2 Å². The Morgan fingerprint density at radius 1 is 0.560 bits per heavy atom. The minimum absolute atomic E-state index is 0.730. The smallest absolute Gasteiger partial charge is 0.131 e. The van der Waals surface area contributed by atoms with Crippen LogP contribution in [0.3, 0.4) is 0 Å². The highest BCUT2D eigenvalue weighted by molar-refractivity contribution is 5.91. The molecular weight excluding hydrogens is 312 g/mol. The molecule has 0 unspecified atom stereocenters. The van der Waals surface area contributed by atoms with Crippen molar-refractivity contribution in [3.05, 3.63) is 72.8 Å². The maximum atomic E-state index is 6.12. The van der Waals surface area contributed by atoms with Crippen LogP contribution >= 0.6 is 0 Å². The first-order chi connectivity index (χ1) is 12.3. The summed E-state index contributed by atoms with van der Waals surface area (Å²) in [5.74, 6) is 3.04. The second kappa shape index (κ2) is 6.36. The van der Waals surface area contributed by atoms with Crippen LogP contribution in [0.4, 0.5) is 0 Å². The first-order valence-electron chi connectivity index (χ1n) is 8.10. The maximum Gasteiger partial charge on any atom is 0.131 e. The van der Waals surface area contributed by atoms with Gasteiger partial charge in [-0.05, 0) is 22.9 Å². The fraction of sp³-hybridized carbons (Fsp3) is 0.0909. The SMILES string of the molecule is COc1cc(Oc2cc(OC)c3ccccc3c2)cc2ccccc12. The number of ether oxygens (including phenoxy) is 3. The van der Waals surface area contributed by atoms with Crippen LogP contribution < -0.4 is 14.2 Å². The molecule has 0 fully saturated rings. The zero-order chi connectivity index (χ0) is 17.2. The van der Waals surface area contributed by atoms with E-state index in [1.54, 1.807) is 14.2 Å². The Kier molecular flexibility index (Phi) is 3.90. The van der Waals surface area contributed by atoms with Crippen LogP contribution in [0.15, 0.2) is 72.8 Å². The first-order valence-corrected chi connectivity index (χ1v) is 8.10. The molecule has 4 rings (SSSR count). The summed E-state index contributed by atoms with van der Waals surface area (Å²) in [4.78, 5) is 0. The van der Waals surface area contributed by atoms with E-state index >= 15 is 0 Å². The van der Waals surface area contributed by atoms with Gasteiger partial charge in [0.05, 0.1) is 14.2 Å². The molecule has 3 heteroatoms. The minimum Gasteiger partial charge on any atom is -0.496 e. The second-order valence-electron chi connectivity index (χ2n) is 5.80. The molecule has 0 aliphatic heterocycles. The van der Waals surface area contributed by atoms with E-state index in [9.17, 15) is 0 Å². The third-order valence-electron chi connectivity index (χ3n) is 4.27. The molecule has 0 heterocycles. The van der Waals surface area contributed by atoms with Gasteiger partial charge in [0.1, 0.15) is 23.0 Å². The molecule has 0 saturated carbocycles. The lowest BCUT2D eigenvalue weighted by Gasteiger charge is -2.13. The molecule has 0 aliphatic carbocycles. The Morgan fingerprint density at radius 3 is 1.44 bits per heavy atom. The zero-order valence-corrected chi connectivity index (χ0v) is 14.2. The van der Waals surface area contributed by atoms with Gasteiger partial charge in [-0.25, -0.2) is 0 Å². The molecule has 0 bridgehead atoms. The molecular formula is C22H18O3. The summed E-state index contributed by atoms with van der Waals surface area (Å²) in [5, 5.41) is 4.27. The highest BCUT2D eigenvalue weighted by Gasteiger charge is 2.09. The molecule has 0 spiro atoms. The predicted octanol–water partition coefficient (Wildman–Crippen LogP) is 5.80. The van der Waals surface area contributed by atoms with Crippen LogP contribution in [0.2, 0.25) is 0 Å². The summed E-state index contributed by atoms with van der Waals surface area (Å²) in [6.07, 6.45) is 0. The van der Waals surface area contributed by atoms with Gasteiger partial charge in [0.25, 0.3) is 0 Å². The second-order valence-corrected chi connectivity index (χ2v) is 5.80. The Hall–Kier alpha value is -3.20. The molecule has 0 aromatic heterocycles. The molecule has 0 atom stereocenters. The summed E-state index contributed by atoms with van der Waals surface area (Å²) in [7, 11) is 3.34. The Bertz CT molecular complexity index is 968. The van der Waals surface area contributed by atoms with Gasteiger partial charge in [-0.3, -0.25) is 0 Å². The Balaban J connectivity index is 1.80. The summed E-state index contributed by atoms with van der Waals surface area (Å²) in [6, 6.07) is 24.0. The van der Waals surface area contributed by atoms with Crippen LogP contribution in [0.25, 0.3) is 21.5 Å². The lowest BCUT2D eigenvalue weighted by atomic mass is 10.1. The van der Waals surface area contributed by atoms with E-state index < -0.39 is 0 Å². The van der Waals surface area contributed by atoms with Gasteiger partial charge < -0.3 is 14.2 Å². The van der Waals surface area contributed by atoms with Crippen molar-refractivity contribution < 1.29 is 14.2 Å². The third-order valence-corrected chi connectivity index (χ3v) is 4.27. The Labute approximate surface area is 146 Å². The largest absolute Gasteiger partial charge is 0.496 e. The topological polar surface area (TPSA) is 27.7 Å². The van der Waals surface area contributed by atoms with Crippen molar-refractivity contribution in [1.82, 2.24) is 0 Å². The Morgan fingerprint density at radius 2 is 1.00 bits per heavy atom. The molecule has 0 saturated heterocycles. The summed E-state index contributed by atoms with van der Waals surface area (Å²) < 4.78 is 17.2. The van der Waals surface area contributed by atoms with E-state index in [0.717, 1.165) is 44.5 Å². The number of hydrogen-bond donors (Lipinski definition) is 0. The summed E-state index contributed by atoms with van der Waals surface area (Å²) >= 11 is 0. The first kappa shape index (κ1) is 15.3. The highest BCUT2D eigenvalue weighted by atomic mass is 16.5. The van der Waals surface area contributed by atoms with Gasteiger partial charge >= 0.3 is 0 Å². The third kappa shape index (κ3) is 2.85. The molecule has 0 N–H and O–H groups in total. The fourth-order valence-corrected chi connectivity index (χ4v) is 3.09. The van der Waals surface area contributed by atoms with Crippen LogP contribution in [-0.2, 0) is 0 Å². The molecule has 4 aromatic carbocycles. The van der Waals surface area contributed by atoms with Gasteiger partial charge in [-0.15, -0.1) is 0 Å². The van der Waals surface area contributed by atoms with Gasteiger partial charge in [0.2, 0.25) is 0 Å². The van der Waals surface area contributed by atoms with Crippen molar-refractivity contribution in [2.24, 2.45) is 0 Å². The minimum atomic E-state index is 0.730. The average molecular weight is 330 g/mol. The molecule has 0 amide bonds. The number of rotatable bonds is 4. The van der Waals surface area contributed by atoms with Crippen molar-refractivity contribution >= 4 is 21.5 Å². The molecule has 0 radical (unpaired) electrons. The lowest BCUT2D eigenvalue weighted by Crippen LogP contribution is -1.91. The van der Waals surface area contributed by atoms with Crippen molar-refractivity contribution in [3.63, 3.8) is 0 Å². The molecule has 4 aromatic rings. The molecule has 25 heavy (non-hydrogen) atoms. The van der Waals surface area contributed by atoms with E-state index in [1.165, 1.54) is 0 Å². The van der Waals surface area contributed by atoms with Crippen LogP contribution in [-0.4, -0.2) is 14.2 Å². The van der Waals surface area contributed by atoms with Crippen molar-refractivity contribution in [2.45, 2.75) is 0 Å². The molecule has 124 valence electrons. The van der Waals surface area contributed by atoms with Gasteiger partial charge in [-0.1, -0.05) is 48.5 Å². The van der Waals surface area contributed by atoms with Crippen LogP contribution in [0.5, 0.6) is 23.0 Å². The van der Waals surface area contributed by atoms with Crippen molar-refractivity contribution in [1.29, 1.82) is 0 Å². The number of hydrogen-bond acceptors (Lipinski definition) is 3. The maximum absolute atomic E-state index is 6.12. The number of benzene rings is 4. The van der Waals surface area contributed by atoms with E-state index in [1.807, 2.05) is 72.8 Å². The molecule has 3 nitrogen and oxygen atoms in total. The lowest BCUT2D eigenvalue weighted by molar-refractivity contribution is 0.409. The average Bonchev–Trinajstić information content (AvgIpc) is 2.66. The number of fused-ring (bicyclic) bond motifs is 2. The van der Waals surface area contributed by atoms with Gasteiger partial charge in [0.15, 0.2) is 0 Å². The predicted molar refractivity (Wildman–Crippen MR) is 101 cm³/mol. The quantitative estimate of drug-likeness (QED) is 0.473. The van der Waals surface area contributed by atoms with E-state index in [-0.39, 0.29) is 0 Å². The van der Waals surface area contributed by atoms with E-state index in [0.29, 0.717) is 0 Å². The monoisotopic (exact) mass is 330 g/mol. The van der Waals surface area contributed by atoms with E-state index in [4.69, 9.17) is 14.2 Å². The highest BCUT2D eigenvalue weighted by Crippen LogP contribution is 2.36. The fourth-order valence-electron chi connectivity index (χ4n) is 3.09. The zero-order valence-electron chi connectivity index (χ0n) is 14.2. The van der Waals surface area contributed by atoms with Gasteiger partial charge in [0, 0.05) is 22.9 Å². The van der Waals surface area contributed by atoms with Crippen LogP contribution in [0.1, 0.15) is 0 Å². The standard InChI is InChI=1S/C22H18O3/c1-23-21-13-17(11-15-7-3-5-9-19(15)21)25-18-12-16-8-4-6-10-20(16)22(14-18)24-2/h3-14H,1-2H3. The number of methoxy groups -OCH3 is 2. The molecule has 0 aliphatic rings. The summed E-state index contributed by atoms with van der Waals surface area (Å²) in [6.45, 7) is 0. The summed E-state index contributed by atoms with van der Waals surface area (Å²) in [5.41, 5.74) is 0.